The number of hydrogen-bond donors (Lipinski definition) is 0. The summed E-state index contributed by atoms with van der Waals surface area (Å²) < 4.78 is 7.63. The zero-order valence-electron chi connectivity index (χ0n) is 10.8. The molecule has 1 heterocycles. The third-order valence-corrected chi connectivity index (χ3v) is 3.13. The lowest BCUT2D eigenvalue weighted by Gasteiger charge is -2.21. The Bertz CT molecular complexity index is 529. The van der Waals surface area contributed by atoms with Gasteiger partial charge in [-0.3, -0.25) is 4.68 Å². The largest absolute Gasteiger partial charge is 0.369 e. The summed E-state index contributed by atoms with van der Waals surface area (Å²) in [6.07, 6.45) is 3.04. The first-order valence-electron chi connectivity index (χ1n) is 5.99. The first-order valence-corrected chi connectivity index (χ1v) is 6.74. The summed E-state index contributed by atoms with van der Waals surface area (Å²) >= 11 is 12.2. The van der Waals surface area contributed by atoms with E-state index in [0.717, 1.165) is 5.56 Å². The van der Waals surface area contributed by atoms with E-state index in [1.54, 1.807) is 23.1 Å². The van der Waals surface area contributed by atoms with Crippen molar-refractivity contribution in [2.24, 2.45) is 0 Å². The molecule has 6 heteroatoms. The second kappa shape index (κ2) is 6.37. The average Bonchev–Trinajstić information content (AvgIpc) is 2.80. The van der Waals surface area contributed by atoms with Gasteiger partial charge in [-0.1, -0.05) is 29.3 Å². The van der Waals surface area contributed by atoms with Crippen molar-refractivity contribution < 1.29 is 4.74 Å². The summed E-state index contributed by atoms with van der Waals surface area (Å²) in [6, 6.07) is 5.41. The predicted octanol–water partition coefficient (Wildman–Crippen LogP) is 3.75. The number of benzene rings is 1. The van der Waals surface area contributed by atoms with E-state index in [1.165, 1.54) is 6.33 Å². The molecule has 0 aliphatic heterocycles. The lowest BCUT2D eigenvalue weighted by Crippen LogP contribution is -2.17. The molecule has 0 spiro atoms. The van der Waals surface area contributed by atoms with Gasteiger partial charge in [-0.05, 0) is 26.0 Å². The van der Waals surface area contributed by atoms with Crippen LogP contribution in [-0.4, -0.2) is 20.9 Å². The molecule has 0 radical (unpaired) electrons. The van der Waals surface area contributed by atoms with Crippen molar-refractivity contribution in [2.45, 2.75) is 32.6 Å². The lowest BCUT2D eigenvalue weighted by atomic mass is 10.1. The molecule has 0 amide bonds. The fourth-order valence-corrected chi connectivity index (χ4v) is 2.33. The summed E-state index contributed by atoms with van der Waals surface area (Å²) in [4.78, 5) is 3.93. The van der Waals surface area contributed by atoms with Crippen LogP contribution in [0.1, 0.15) is 25.5 Å². The van der Waals surface area contributed by atoms with E-state index in [0.29, 0.717) is 16.6 Å². The second-order valence-electron chi connectivity index (χ2n) is 4.46. The minimum absolute atomic E-state index is 0.0836. The maximum Gasteiger partial charge on any atom is 0.137 e. The van der Waals surface area contributed by atoms with Crippen LogP contribution in [0.3, 0.4) is 0 Å². The highest BCUT2D eigenvalue weighted by molar-refractivity contribution is 6.35. The maximum absolute atomic E-state index is 6.24. The zero-order valence-corrected chi connectivity index (χ0v) is 12.3. The molecule has 0 N–H and O–H groups in total. The van der Waals surface area contributed by atoms with Gasteiger partial charge in [-0.2, -0.15) is 5.10 Å². The van der Waals surface area contributed by atoms with Gasteiger partial charge in [0, 0.05) is 15.6 Å². The Morgan fingerprint density at radius 2 is 2.11 bits per heavy atom. The van der Waals surface area contributed by atoms with Crippen LogP contribution in [0.4, 0.5) is 0 Å². The van der Waals surface area contributed by atoms with Crippen molar-refractivity contribution in [3.05, 3.63) is 46.5 Å². The van der Waals surface area contributed by atoms with Gasteiger partial charge in [0.25, 0.3) is 0 Å². The van der Waals surface area contributed by atoms with Crippen molar-refractivity contribution in [1.82, 2.24) is 14.8 Å². The van der Waals surface area contributed by atoms with E-state index < -0.39 is 0 Å². The van der Waals surface area contributed by atoms with E-state index in [9.17, 15) is 0 Å². The predicted molar refractivity (Wildman–Crippen MR) is 75.4 cm³/mol. The highest BCUT2D eigenvalue weighted by Gasteiger charge is 2.18. The highest BCUT2D eigenvalue weighted by Crippen LogP contribution is 2.30. The molecular weight excluding hydrogens is 285 g/mol. The summed E-state index contributed by atoms with van der Waals surface area (Å²) in [7, 11) is 0. The first kappa shape index (κ1) is 14.3. The molecule has 4 nitrogen and oxygen atoms in total. The van der Waals surface area contributed by atoms with E-state index in [1.807, 2.05) is 19.9 Å². The summed E-state index contributed by atoms with van der Waals surface area (Å²) in [5.41, 5.74) is 0.898. The highest BCUT2D eigenvalue weighted by atomic mass is 35.5. The maximum atomic E-state index is 6.24. The van der Waals surface area contributed by atoms with E-state index in [-0.39, 0.29) is 12.2 Å². The number of nitrogens with zero attached hydrogens (tertiary/aromatic N) is 3. The molecule has 0 saturated heterocycles. The topological polar surface area (TPSA) is 39.9 Å². The van der Waals surface area contributed by atoms with Crippen LogP contribution in [0.5, 0.6) is 0 Å². The third kappa shape index (κ3) is 3.93. The molecule has 1 unspecified atom stereocenters. The Morgan fingerprint density at radius 3 is 2.68 bits per heavy atom. The van der Waals surface area contributed by atoms with Gasteiger partial charge in [0.05, 0.1) is 12.6 Å². The van der Waals surface area contributed by atoms with Crippen LogP contribution in [0, 0.1) is 0 Å². The van der Waals surface area contributed by atoms with Gasteiger partial charge in [0.15, 0.2) is 0 Å². The normalized spacial score (nSPS) is 12.9. The zero-order chi connectivity index (χ0) is 13.8. The van der Waals surface area contributed by atoms with Crippen LogP contribution in [0.15, 0.2) is 30.9 Å². The molecule has 1 atom stereocenters. The number of rotatable bonds is 5. The third-order valence-electron chi connectivity index (χ3n) is 2.57. The van der Waals surface area contributed by atoms with E-state index in [2.05, 4.69) is 10.1 Å². The Balaban J connectivity index is 2.25. The Hall–Kier alpha value is -1.10. The minimum atomic E-state index is -0.188. The summed E-state index contributed by atoms with van der Waals surface area (Å²) in [5.74, 6) is 0. The van der Waals surface area contributed by atoms with Crippen LogP contribution < -0.4 is 0 Å². The van der Waals surface area contributed by atoms with Crippen LogP contribution in [0.2, 0.25) is 10.0 Å². The van der Waals surface area contributed by atoms with Crippen LogP contribution >= 0.6 is 23.2 Å². The smallest absolute Gasteiger partial charge is 0.137 e. The molecule has 0 aliphatic rings. The quantitative estimate of drug-likeness (QED) is 0.844. The number of halogens is 2. The van der Waals surface area contributed by atoms with E-state index in [4.69, 9.17) is 27.9 Å². The molecular formula is C13H15Cl2N3O. The molecule has 1 aromatic heterocycles. The average molecular weight is 300 g/mol. The van der Waals surface area contributed by atoms with Gasteiger partial charge in [0.2, 0.25) is 0 Å². The molecule has 2 aromatic rings. The molecule has 2 rings (SSSR count). The van der Waals surface area contributed by atoms with Gasteiger partial charge in [-0.15, -0.1) is 0 Å². The van der Waals surface area contributed by atoms with Gasteiger partial charge < -0.3 is 4.74 Å². The molecule has 0 saturated carbocycles. The van der Waals surface area contributed by atoms with Gasteiger partial charge >= 0.3 is 0 Å². The molecule has 102 valence electrons. The first-order chi connectivity index (χ1) is 9.06. The van der Waals surface area contributed by atoms with Crippen molar-refractivity contribution in [3.8, 4) is 0 Å². The molecule has 0 fully saturated rings. The lowest BCUT2D eigenvalue weighted by molar-refractivity contribution is -0.00508. The van der Waals surface area contributed by atoms with Gasteiger partial charge in [0.1, 0.15) is 18.8 Å². The van der Waals surface area contributed by atoms with Crippen molar-refractivity contribution in [1.29, 1.82) is 0 Å². The Kier molecular flexibility index (Phi) is 4.80. The van der Waals surface area contributed by atoms with Crippen LogP contribution in [-0.2, 0) is 11.3 Å². The molecule has 0 aliphatic carbocycles. The van der Waals surface area contributed by atoms with E-state index >= 15 is 0 Å². The monoisotopic (exact) mass is 299 g/mol. The summed E-state index contributed by atoms with van der Waals surface area (Å²) in [5, 5.41) is 5.30. The number of ether oxygens (including phenoxy) is 1. The summed E-state index contributed by atoms with van der Waals surface area (Å²) in [6.45, 7) is 4.52. The van der Waals surface area contributed by atoms with Crippen molar-refractivity contribution in [3.63, 3.8) is 0 Å². The Labute approximate surface area is 122 Å². The van der Waals surface area contributed by atoms with Gasteiger partial charge in [-0.25, -0.2) is 4.98 Å². The number of hydrogen-bond acceptors (Lipinski definition) is 3. The molecule has 0 bridgehead atoms. The van der Waals surface area contributed by atoms with Crippen molar-refractivity contribution in [2.75, 3.05) is 0 Å². The minimum Gasteiger partial charge on any atom is -0.369 e. The Morgan fingerprint density at radius 1 is 1.32 bits per heavy atom. The second-order valence-corrected chi connectivity index (χ2v) is 5.30. The SMILES string of the molecule is CC(C)OC(Cn1cncn1)c1ccc(Cl)cc1Cl. The fraction of sp³-hybridized carbons (Fsp3) is 0.385. The van der Waals surface area contributed by atoms with Crippen molar-refractivity contribution >= 4 is 23.2 Å². The van der Waals surface area contributed by atoms with Crippen LogP contribution in [0.25, 0.3) is 0 Å². The number of aromatic nitrogens is 3. The molecule has 1 aromatic carbocycles. The standard InChI is InChI=1S/C13H15Cl2N3O/c1-9(2)19-13(6-18-8-16-7-17-18)11-4-3-10(14)5-12(11)15/h3-5,7-9,13H,6H2,1-2H3. The molecule has 19 heavy (non-hydrogen) atoms. The fourth-order valence-electron chi connectivity index (χ4n) is 1.80.